The smallest absolute Gasteiger partial charge is 0.252 e. The first-order chi connectivity index (χ1) is 18.9. The first-order valence-electron chi connectivity index (χ1n) is 13.3. The summed E-state index contributed by atoms with van der Waals surface area (Å²) in [5, 5.41) is 13.8. The van der Waals surface area contributed by atoms with Gasteiger partial charge >= 0.3 is 0 Å². The summed E-state index contributed by atoms with van der Waals surface area (Å²) in [5.41, 5.74) is 5.77. The van der Waals surface area contributed by atoms with E-state index in [-0.39, 0.29) is 17.4 Å². The van der Waals surface area contributed by atoms with Gasteiger partial charge in [-0.1, -0.05) is 55.5 Å². The van der Waals surface area contributed by atoms with Gasteiger partial charge in [0.1, 0.15) is 5.82 Å². The molecule has 2 aromatic heterocycles. The van der Waals surface area contributed by atoms with Crippen LogP contribution in [-0.2, 0) is 26.1 Å². The third kappa shape index (κ3) is 6.12. The first kappa shape index (κ1) is 26.4. The highest BCUT2D eigenvalue weighted by atomic mass is 19.1. The quantitative estimate of drug-likeness (QED) is 0.255. The van der Waals surface area contributed by atoms with E-state index in [1.165, 1.54) is 17.7 Å². The molecule has 39 heavy (non-hydrogen) atoms. The normalized spacial score (nSPS) is 12.3. The van der Waals surface area contributed by atoms with Crippen LogP contribution in [0.2, 0.25) is 0 Å². The van der Waals surface area contributed by atoms with E-state index in [0.29, 0.717) is 25.2 Å². The fourth-order valence-corrected chi connectivity index (χ4v) is 5.25. The van der Waals surface area contributed by atoms with Gasteiger partial charge in [0.15, 0.2) is 5.82 Å². The van der Waals surface area contributed by atoms with Crippen molar-refractivity contribution in [3.05, 3.63) is 123 Å². The molecule has 0 bridgehead atoms. The van der Waals surface area contributed by atoms with Gasteiger partial charge in [-0.2, -0.15) is 0 Å². The highest BCUT2D eigenvalue weighted by molar-refractivity contribution is 5.83. The Morgan fingerprint density at radius 2 is 1.74 bits per heavy atom. The molecule has 0 fully saturated rings. The zero-order chi connectivity index (χ0) is 27.4. The molecule has 0 amide bonds. The number of halogens is 1. The number of nitrogens with zero attached hydrogens (tertiary/aromatic N) is 5. The number of aromatic amines is 1. The Morgan fingerprint density at radius 1 is 0.974 bits per heavy atom. The van der Waals surface area contributed by atoms with Gasteiger partial charge in [0.25, 0.3) is 5.56 Å². The van der Waals surface area contributed by atoms with Crippen molar-refractivity contribution in [2.45, 2.75) is 59.3 Å². The Morgan fingerprint density at radius 3 is 2.49 bits per heavy atom. The maximum atomic E-state index is 13.7. The number of hydrogen-bond donors (Lipinski definition) is 1. The van der Waals surface area contributed by atoms with E-state index >= 15 is 0 Å². The predicted octanol–water partition coefficient (Wildman–Crippen LogP) is 5.67. The van der Waals surface area contributed by atoms with Crippen molar-refractivity contribution in [2.24, 2.45) is 0 Å². The van der Waals surface area contributed by atoms with E-state index in [1.807, 2.05) is 41.9 Å². The number of H-pyrrole nitrogens is 1. The molecular formula is C31H33FN6O. The van der Waals surface area contributed by atoms with Gasteiger partial charge in [0, 0.05) is 36.1 Å². The number of hydrogen-bond acceptors (Lipinski definition) is 5. The summed E-state index contributed by atoms with van der Waals surface area (Å²) in [5.74, 6) is 0.471. The lowest BCUT2D eigenvalue weighted by Crippen LogP contribution is -2.32. The highest BCUT2D eigenvalue weighted by Crippen LogP contribution is 2.27. The Labute approximate surface area is 227 Å². The number of tetrazole rings is 1. The van der Waals surface area contributed by atoms with Crippen LogP contribution in [0.5, 0.6) is 0 Å². The van der Waals surface area contributed by atoms with E-state index in [2.05, 4.69) is 57.5 Å². The van der Waals surface area contributed by atoms with Crippen LogP contribution in [0.25, 0.3) is 10.9 Å². The van der Waals surface area contributed by atoms with Gasteiger partial charge in [0.05, 0.1) is 6.04 Å². The minimum absolute atomic E-state index is 0.116. The molecule has 0 saturated carbocycles. The monoisotopic (exact) mass is 524 g/mol. The molecule has 7 nitrogen and oxygen atoms in total. The van der Waals surface area contributed by atoms with Crippen molar-refractivity contribution < 1.29 is 4.39 Å². The molecule has 0 saturated heterocycles. The van der Waals surface area contributed by atoms with Crippen molar-refractivity contribution in [1.29, 1.82) is 0 Å². The number of aryl methyl sites for hydroxylation is 4. The molecule has 0 radical (unpaired) electrons. The van der Waals surface area contributed by atoms with Crippen LogP contribution in [-0.4, -0.2) is 30.1 Å². The van der Waals surface area contributed by atoms with E-state index in [1.54, 1.807) is 12.1 Å². The standard InChI is InChI=1S/C31H33FN6O/c1-4-29(30-34-35-36-38(30)15-14-23-8-6-5-7-9-23)37(19-24-10-12-26(32)13-11-24)20-25-18-27-22(3)16-21(2)17-28(27)33-31(25)39/h5-13,16-18,29H,4,14-15,19-20H2,1-3H3,(H,33,39). The fourth-order valence-electron chi connectivity index (χ4n) is 5.25. The summed E-state index contributed by atoms with van der Waals surface area (Å²) in [6, 6.07) is 22.7. The summed E-state index contributed by atoms with van der Waals surface area (Å²) in [4.78, 5) is 18.5. The number of nitrogens with one attached hydrogen (secondary N) is 1. The van der Waals surface area contributed by atoms with Crippen molar-refractivity contribution >= 4 is 10.9 Å². The lowest BCUT2D eigenvalue weighted by atomic mass is 10.0. The van der Waals surface area contributed by atoms with Gasteiger partial charge < -0.3 is 4.98 Å². The number of aromatic nitrogens is 5. The lowest BCUT2D eigenvalue weighted by molar-refractivity contribution is 0.160. The fraction of sp³-hybridized carbons (Fsp3) is 0.290. The molecule has 0 spiro atoms. The Hall–Kier alpha value is -4.17. The number of fused-ring (bicyclic) bond motifs is 1. The number of pyridine rings is 1. The zero-order valence-corrected chi connectivity index (χ0v) is 22.6. The van der Waals surface area contributed by atoms with Gasteiger partial charge in [-0.3, -0.25) is 9.69 Å². The average molecular weight is 525 g/mol. The van der Waals surface area contributed by atoms with E-state index in [9.17, 15) is 9.18 Å². The number of rotatable bonds is 10. The lowest BCUT2D eigenvalue weighted by Gasteiger charge is -2.30. The van der Waals surface area contributed by atoms with Crippen LogP contribution in [0.3, 0.4) is 0 Å². The van der Waals surface area contributed by atoms with Crippen LogP contribution in [0.15, 0.2) is 77.6 Å². The van der Waals surface area contributed by atoms with Crippen LogP contribution in [0.4, 0.5) is 4.39 Å². The molecule has 200 valence electrons. The molecule has 2 heterocycles. The van der Waals surface area contributed by atoms with Crippen LogP contribution in [0.1, 0.15) is 53.0 Å². The van der Waals surface area contributed by atoms with E-state index in [0.717, 1.165) is 46.3 Å². The molecule has 3 aromatic carbocycles. The number of benzene rings is 3. The van der Waals surface area contributed by atoms with Crippen LogP contribution < -0.4 is 5.56 Å². The molecule has 5 aromatic rings. The Kier molecular flexibility index (Phi) is 7.93. The summed E-state index contributed by atoms with van der Waals surface area (Å²) < 4.78 is 15.5. The minimum Gasteiger partial charge on any atom is -0.322 e. The van der Waals surface area contributed by atoms with E-state index in [4.69, 9.17) is 0 Å². The first-order valence-corrected chi connectivity index (χ1v) is 13.3. The third-order valence-electron chi connectivity index (χ3n) is 7.20. The molecular weight excluding hydrogens is 491 g/mol. The molecule has 8 heteroatoms. The summed E-state index contributed by atoms with van der Waals surface area (Å²) in [6.45, 7) is 7.72. The summed E-state index contributed by atoms with van der Waals surface area (Å²) in [7, 11) is 0. The Balaban J connectivity index is 1.49. The second-order valence-electron chi connectivity index (χ2n) is 10.1. The van der Waals surface area contributed by atoms with Crippen molar-refractivity contribution in [3.8, 4) is 0 Å². The topological polar surface area (TPSA) is 79.7 Å². The molecule has 0 aliphatic rings. The van der Waals surface area contributed by atoms with Gasteiger partial charge in [-0.15, -0.1) is 5.10 Å². The third-order valence-corrected chi connectivity index (χ3v) is 7.20. The molecule has 1 unspecified atom stereocenters. The largest absolute Gasteiger partial charge is 0.322 e. The van der Waals surface area contributed by atoms with Gasteiger partial charge in [-0.05, 0) is 83.6 Å². The SMILES string of the molecule is CCC(c1nnnn1CCc1ccccc1)N(Cc1ccc(F)cc1)Cc1cc2c(C)cc(C)cc2[nH]c1=O. The maximum Gasteiger partial charge on any atom is 0.252 e. The predicted molar refractivity (Wildman–Crippen MR) is 151 cm³/mol. The van der Waals surface area contributed by atoms with Crippen LogP contribution >= 0.6 is 0 Å². The zero-order valence-electron chi connectivity index (χ0n) is 22.6. The van der Waals surface area contributed by atoms with Crippen molar-refractivity contribution in [2.75, 3.05) is 0 Å². The summed E-state index contributed by atoms with van der Waals surface area (Å²) >= 11 is 0. The second kappa shape index (κ2) is 11.7. The molecule has 5 rings (SSSR count). The van der Waals surface area contributed by atoms with Gasteiger partial charge in [0.2, 0.25) is 0 Å². The Bertz CT molecular complexity index is 1610. The highest BCUT2D eigenvalue weighted by Gasteiger charge is 2.26. The molecule has 0 aliphatic heterocycles. The summed E-state index contributed by atoms with van der Waals surface area (Å²) in [6.07, 6.45) is 1.53. The molecule has 1 N–H and O–H groups in total. The van der Waals surface area contributed by atoms with Gasteiger partial charge in [-0.25, -0.2) is 9.07 Å². The average Bonchev–Trinajstić information content (AvgIpc) is 3.38. The van der Waals surface area contributed by atoms with Crippen molar-refractivity contribution in [3.63, 3.8) is 0 Å². The minimum atomic E-state index is -0.279. The maximum absolute atomic E-state index is 13.7. The van der Waals surface area contributed by atoms with Crippen LogP contribution in [0, 0.1) is 19.7 Å². The van der Waals surface area contributed by atoms with Crippen molar-refractivity contribution in [1.82, 2.24) is 30.1 Å². The molecule has 1 atom stereocenters. The van der Waals surface area contributed by atoms with E-state index < -0.39 is 0 Å². The molecule has 0 aliphatic carbocycles. The second-order valence-corrected chi connectivity index (χ2v) is 10.1.